The fourth-order valence-electron chi connectivity index (χ4n) is 2.46. The number of ether oxygens (including phenoxy) is 2. The van der Waals surface area contributed by atoms with Crippen LogP contribution in [-0.4, -0.2) is 46.2 Å². The van der Waals surface area contributed by atoms with Crippen molar-refractivity contribution < 1.29 is 27.5 Å². The highest BCUT2D eigenvalue weighted by atomic mass is 32.2. The van der Waals surface area contributed by atoms with E-state index >= 15 is 0 Å². The molecule has 0 aliphatic carbocycles. The van der Waals surface area contributed by atoms with Gasteiger partial charge in [0.05, 0.1) is 11.4 Å². The summed E-state index contributed by atoms with van der Waals surface area (Å²) in [6.45, 7) is 0.647. The van der Waals surface area contributed by atoms with Crippen molar-refractivity contribution in [2.24, 2.45) is 0 Å². The summed E-state index contributed by atoms with van der Waals surface area (Å²) in [5, 5.41) is 5.11. The predicted octanol–water partition coefficient (Wildman–Crippen LogP) is 1.23. The number of hydrogen-bond donors (Lipinski definition) is 2. The van der Waals surface area contributed by atoms with Crippen molar-refractivity contribution in [3.8, 4) is 11.5 Å². The molecular formula is C18H18N2O6S. The number of fused-ring (bicyclic) bond motifs is 1. The molecule has 1 aliphatic heterocycles. The fraction of sp³-hybridized carbons (Fsp3) is 0.222. The van der Waals surface area contributed by atoms with Crippen LogP contribution in [0.4, 0.5) is 5.69 Å². The zero-order valence-electron chi connectivity index (χ0n) is 14.5. The third-order valence-corrected chi connectivity index (χ3v) is 4.87. The van der Waals surface area contributed by atoms with Crippen molar-refractivity contribution in [2.75, 3.05) is 31.3 Å². The summed E-state index contributed by atoms with van der Waals surface area (Å²) in [6.07, 6.45) is 1.06. The molecule has 2 aromatic rings. The van der Waals surface area contributed by atoms with Gasteiger partial charge in [-0.3, -0.25) is 9.59 Å². The largest absolute Gasteiger partial charge is 0.486 e. The van der Waals surface area contributed by atoms with Crippen molar-refractivity contribution in [3.05, 3.63) is 48.0 Å². The van der Waals surface area contributed by atoms with Crippen LogP contribution in [0.3, 0.4) is 0 Å². The lowest BCUT2D eigenvalue weighted by molar-refractivity contribution is -0.115. The average Bonchev–Trinajstić information content (AvgIpc) is 2.65. The van der Waals surface area contributed by atoms with E-state index in [1.165, 1.54) is 24.3 Å². The van der Waals surface area contributed by atoms with Crippen LogP contribution < -0.4 is 20.1 Å². The molecule has 27 heavy (non-hydrogen) atoms. The summed E-state index contributed by atoms with van der Waals surface area (Å²) in [4.78, 5) is 24.2. The van der Waals surface area contributed by atoms with Crippen LogP contribution in [0, 0.1) is 0 Å². The topological polar surface area (TPSA) is 111 Å². The number of nitrogens with one attached hydrogen (secondary N) is 2. The highest BCUT2D eigenvalue weighted by Gasteiger charge is 2.14. The van der Waals surface area contributed by atoms with Crippen LogP contribution in [0.2, 0.25) is 0 Å². The normalized spacial score (nSPS) is 12.9. The summed E-state index contributed by atoms with van der Waals surface area (Å²) >= 11 is 0. The first-order valence-electron chi connectivity index (χ1n) is 8.11. The summed E-state index contributed by atoms with van der Waals surface area (Å²) < 4.78 is 34.0. The highest BCUT2D eigenvalue weighted by molar-refractivity contribution is 7.90. The molecule has 0 spiro atoms. The highest BCUT2D eigenvalue weighted by Crippen LogP contribution is 2.32. The lowest BCUT2D eigenvalue weighted by atomic mass is 10.2. The first-order chi connectivity index (χ1) is 12.8. The average molecular weight is 390 g/mol. The van der Waals surface area contributed by atoms with Gasteiger partial charge >= 0.3 is 0 Å². The lowest BCUT2D eigenvalue weighted by Crippen LogP contribution is -2.33. The Morgan fingerprint density at radius 1 is 1.04 bits per heavy atom. The van der Waals surface area contributed by atoms with E-state index in [0.29, 0.717) is 30.4 Å². The minimum atomic E-state index is -3.42. The molecule has 0 saturated carbocycles. The standard InChI is InChI=1S/C18H18N2O6S/c1-27(23,24)14-4-2-3-12(9-14)18(22)19-11-17(21)20-13-5-6-15-16(10-13)26-8-7-25-15/h2-6,9-10H,7-8,11H2,1H3,(H,19,22)(H,20,21). The van der Waals surface area contributed by atoms with Crippen LogP contribution in [0.25, 0.3) is 0 Å². The molecule has 9 heteroatoms. The number of carbonyl (C=O) groups excluding carboxylic acids is 2. The Morgan fingerprint density at radius 2 is 1.78 bits per heavy atom. The van der Waals surface area contributed by atoms with Gasteiger partial charge in [0, 0.05) is 23.6 Å². The van der Waals surface area contributed by atoms with Crippen LogP contribution in [0.5, 0.6) is 11.5 Å². The smallest absolute Gasteiger partial charge is 0.251 e. The molecule has 2 N–H and O–H groups in total. The van der Waals surface area contributed by atoms with Crippen molar-refractivity contribution in [1.29, 1.82) is 0 Å². The van der Waals surface area contributed by atoms with E-state index in [9.17, 15) is 18.0 Å². The van der Waals surface area contributed by atoms with Gasteiger partial charge < -0.3 is 20.1 Å². The molecule has 0 fully saturated rings. The Balaban J connectivity index is 1.58. The minimum Gasteiger partial charge on any atom is -0.486 e. The molecule has 8 nitrogen and oxygen atoms in total. The summed E-state index contributed by atoms with van der Waals surface area (Å²) in [5.41, 5.74) is 0.669. The molecule has 0 aromatic heterocycles. The van der Waals surface area contributed by atoms with Gasteiger partial charge in [-0.05, 0) is 30.3 Å². The van der Waals surface area contributed by atoms with Gasteiger partial charge in [-0.1, -0.05) is 6.07 Å². The van der Waals surface area contributed by atoms with Crippen LogP contribution in [0.15, 0.2) is 47.4 Å². The number of sulfone groups is 1. The van der Waals surface area contributed by atoms with Crippen molar-refractivity contribution >= 4 is 27.3 Å². The number of anilines is 1. The first kappa shape index (κ1) is 18.7. The van der Waals surface area contributed by atoms with E-state index < -0.39 is 21.7 Å². The van der Waals surface area contributed by atoms with E-state index in [4.69, 9.17) is 9.47 Å². The third kappa shape index (κ3) is 4.76. The number of benzene rings is 2. The van der Waals surface area contributed by atoms with E-state index in [1.54, 1.807) is 18.2 Å². The molecule has 142 valence electrons. The zero-order chi connectivity index (χ0) is 19.4. The predicted molar refractivity (Wildman–Crippen MR) is 97.9 cm³/mol. The van der Waals surface area contributed by atoms with Gasteiger partial charge in [0.1, 0.15) is 13.2 Å². The maximum absolute atomic E-state index is 12.1. The van der Waals surface area contributed by atoms with E-state index in [2.05, 4.69) is 10.6 Å². The number of carbonyl (C=O) groups is 2. The molecule has 2 amide bonds. The van der Waals surface area contributed by atoms with Crippen LogP contribution in [0.1, 0.15) is 10.4 Å². The second kappa shape index (κ2) is 7.67. The molecule has 0 radical (unpaired) electrons. The van der Waals surface area contributed by atoms with E-state index in [0.717, 1.165) is 6.26 Å². The molecule has 1 heterocycles. The van der Waals surface area contributed by atoms with E-state index in [-0.39, 0.29) is 17.0 Å². The molecular weight excluding hydrogens is 372 g/mol. The Bertz CT molecular complexity index is 987. The minimum absolute atomic E-state index is 0.0379. The number of rotatable bonds is 5. The summed E-state index contributed by atoms with van der Waals surface area (Å²) in [5.74, 6) is 0.177. The number of amides is 2. The van der Waals surface area contributed by atoms with Gasteiger partial charge in [0.2, 0.25) is 5.91 Å². The zero-order valence-corrected chi connectivity index (χ0v) is 15.3. The quantitative estimate of drug-likeness (QED) is 0.794. The first-order valence-corrected chi connectivity index (χ1v) is 10.00. The molecule has 0 unspecified atom stereocenters. The second-order valence-electron chi connectivity index (χ2n) is 5.89. The van der Waals surface area contributed by atoms with Crippen LogP contribution >= 0.6 is 0 Å². The van der Waals surface area contributed by atoms with Gasteiger partial charge in [-0.2, -0.15) is 0 Å². The molecule has 0 saturated heterocycles. The van der Waals surface area contributed by atoms with Gasteiger partial charge in [0.15, 0.2) is 21.3 Å². The molecule has 2 aromatic carbocycles. The van der Waals surface area contributed by atoms with Crippen molar-refractivity contribution in [1.82, 2.24) is 5.32 Å². The monoisotopic (exact) mass is 390 g/mol. The Labute approximate surface area is 156 Å². The van der Waals surface area contributed by atoms with Crippen molar-refractivity contribution in [2.45, 2.75) is 4.90 Å². The van der Waals surface area contributed by atoms with Gasteiger partial charge in [-0.25, -0.2) is 8.42 Å². The maximum atomic E-state index is 12.1. The molecule has 1 aliphatic rings. The Kier molecular flexibility index (Phi) is 5.31. The third-order valence-electron chi connectivity index (χ3n) is 3.76. The van der Waals surface area contributed by atoms with Gasteiger partial charge in [-0.15, -0.1) is 0 Å². The SMILES string of the molecule is CS(=O)(=O)c1cccc(C(=O)NCC(=O)Nc2ccc3c(c2)OCCO3)c1. The van der Waals surface area contributed by atoms with Crippen LogP contribution in [-0.2, 0) is 14.6 Å². The van der Waals surface area contributed by atoms with Crippen molar-refractivity contribution in [3.63, 3.8) is 0 Å². The maximum Gasteiger partial charge on any atom is 0.251 e. The molecule has 3 rings (SSSR count). The Morgan fingerprint density at radius 3 is 2.52 bits per heavy atom. The molecule has 0 bridgehead atoms. The summed E-state index contributed by atoms with van der Waals surface area (Å²) in [6, 6.07) is 10.6. The van der Waals surface area contributed by atoms with E-state index in [1.807, 2.05) is 0 Å². The second-order valence-corrected chi connectivity index (χ2v) is 7.91. The lowest BCUT2D eigenvalue weighted by Gasteiger charge is -2.19. The Hall–Kier alpha value is -3.07. The van der Waals surface area contributed by atoms with Gasteiger partial charge in [0.25, 0.3) is 5.91 Å². The number of hydrogen-bond acceptors (Lipinski definition) is 6. The fourth-order valence-corrected chi connectivity index (χ4v) is 3.12. The molecule has 0 atom stereocenters. The summed E-state index contributed by atoms with van der Waals surface area (Å²) in [7, 11) is -3.42.